The number of nitrogens with zero attached hydrogens (tertiary/aromatic N) is 3. The quantitative estimate of drug-likeness (QED) is 0.590. The molecule has 1 heterocycles. The van der Waals surface area contributed by atoms with Crippen LogP contribution in [0.4, 0.5) is 5.95 Å². The fraction of sp³-hybridized carbons (Fsp3) is 0.250. The fourth-order valence-corrected chi connectivity index (χ4v) is 0.406. The molecule has 1 aromatic heterocycles. The summed E-state index contributed by atoms with van der Waals surface area (Å²) in [6, 6.07) is 0. The van der Waals surface area contributed by atoms with Gasteiger partial charge in [-0.1, -0.05) is 11.7 Å². The zero-order valence-corrected chi connectivity index (χ0v) is 5.05. The molecule has 0 bridgehead atoms. The van der Waals surface area contributed by atoms with Gasteiger partial charge in [0.15, 0.2) is 0 Å². The Bertz CT molecular complexity index is 189. The van der Waals surface area contributed by atoms with Crippen molar-refractivity contribution in [2.75, 3.05) is 5.32 Å². The molecule has 9 heavy (non-hydrogen) atoms. The molecule has 1 aromatic rings. The van der Waals surface area contributed by atoms with Crippen LogP contribution < -0.4 is 5.32 Å². The van der Waals surface area contributed by atoms with E-state index < -0.39 is 0 Å². The summed E-state index contributed by atoms with van der Waals surface area (Å²) in [6.07, 6.45) is 0. The van der Waals surface area contributed by atoms with Gasteiger partial charge in [0.2, 0.25) is 0 Å². The number of rotatable bonds is 2. The normalized spacial score (nSPS) is 9.00. The second-order valence-electron chi connectivity index (χ2n) is 1.64. The zero-order valence-electron chi connectivity index (χ0n) is 5.05. The molecular formula is C4H7N5. The SMILES string of the molecule is C=C(C)Nc1nn[nH]n1. The van der Waals surface area contributed by atoms with Gasteiger partial charge < -0.3 is 5.32 Å². The van der Waals surface area contributed by atoms with Gasteiger partial charge in [0.05, 0.1) is 0 Å². The Morgan fingerprint density at radius 2 is 2.56 bits per heavy atom. The lowest BCUT2D eigenvalue weighted by molar-refractivity contribution is 0.881. The third kappa shape index (κ3) is 1.52. The highest BCUT2D eigenvalue weighted by Crippen LogP contribution is 1.94. The van der Waals surface area contributed by atoms with Crippen molar-refractivity contribution in [3.8, 4) is 0 Å². The molecule has 0 unspecified atom stereocenters. The number of aromatic nitrogens is 4. The van der Waals surface area contributed by atoms with Crippen molar-refractivity contribution in [1.29, 1.82) is 0 Å². The van der Waals surface area contributed by atoms with Crippen molar-refractivity contribution in [1.82, 2.24) is 20.6 Å². The number of H-pyrrole nitrogens is 1. The predicted molar refractivity (Wildman–Crippen MR) is 32.6 cm³/mol. The average Bonchev–Trinajstić information content (AvgIpc) is 2.15. The molecule has 2 N–H and O–H groups in total. The Morgan fingerprint density at radius 1 is 1.78 bits per heavy atom. The maximum absolute atomic E-state index is 3.64. The minimum Gasteiger partial charge on any atom is -0.326 e. The molecule has 0 spiro atoms. The van der Waals surface area contributed by atoms with Crippen LogP contribution in [0.3, 0.4) is 0 Å². The van der Waals surface area contributed by atoms with Crippen LogP contribution in [0.5, 0.6) is 0 Å². The number of allylic oxidation sites excluding steroid dienone is 1. The van der Waals surface area contributed by atoms with Crippen molar-refractivity contribution in [2.45, 2.75) is 6.92 Å². The van der Waals surface area contributed by atoms with Gasteiger partial charge in [-0.15, -0.1) is 5.10 Å². The number of anilines is 1. The Balaban J connectivity index is 2.58. The Hall–Kier alpha value is -1.39. The summed E-state index contributed by atoms with van der Waals surface area (Å²) in [6.45, 7) is 5.41. The second kappa shape index (κ2) is 2.25. The van der Waals surface area contributed by atoms with Crippen LogP contribution in [0.15, 0.2) is 12.3 Å². The standard InChI is InChI=1S/C4H7N5/c1-3(2)5-4-6-8-9-7-4/h1H2,2H3,(H2,5,6,7,8,9). The lowest BCUT2D eigenvalue weighted by Crippen LogP contribution is -1.94. The van der Waals surface area contributed by atoms with E-state index in [4.69, 9.17) is 0 Å². The van der Waals surface area contributed by atoms with Gasteiger partial charge in [-0.05, 0) is 12.1 Å². The minimum absolute atomic E-state index is 0.447. The summed E-state index contributed by atoms with van der Waals surface area (Å²) in [5.41, 5.74) is 0.788. The summed E-state index contributed by atoms with van der Waals surface area (Å²) < 4.78 is 0. The van der Waals surface area contributed by atoms with E-state index in [0.29, 0.717) is 5.95 Å². The van der Waals surface area contributed by atoms with Crippen molar-refractivity contribution < 1.29 is 0 Å². The van der Waals surface area contributed by atoms with E-state index in [-0.39, 0.29) is 0 Å². The molecule has 0 saturated carbocycles. The van der Waals surface area contributed by atoms with Gasteiger partial charge in [0, 0.05) is 5.70 Å². The molecule has 0 amide bonds. The van der Waals surface area contributed by atoms with Crippen molar-refractivity contribution in [2.24, 2.45) is 0 Å². The fourth-order valence-electron chi connectivity index (χ4n) is 0.406. The summed E-state index contributed by atoms with van der Waals surface area (Å²) in [5, 5.41) is 15.7. The number of hydrogen-bond acceptors (Lipinski definition) is 4. The highest BCUT2D eigenvalue weighted by molar-refractivity contribution is 5.28. The van der Waals surface area contributed by atoms with Crippen molar-refractivity contribution in [3.63, 3.8) is 0 Å². The first kappa shape index (κ1) is 5.74. The van der Waals surface area contributed by atoms with Crippen LogP contribution in [0.25, 0.3) is 0 Å². The van der Waals surface area contributed by atoms with E-state index >= 15 is 0 Å². The Labute approximate surface area is 52.2 Å². The van der Waals surface area contributed by atoms with Gasteiger partial charge in [-0.25, -0.2) is 0 Å². The molecular weight excluding hydrogens is 118 g/mol. The van der Waals surface area contributed by atoms with E-state index in [9.17, 15) is 0 Å². The molecule has 5 heteroatoms. The zero-order chi connectivity index (χ0) is 6.69. The highest BCUT2D eigenvalue weighted by atomic mass is 15.5. The van der Waals surface area contributed by atoms with Gasteiger partial charge >= 0.3 is 0 Å². The first-order valence-electron chi connectivity index (χ1n) is 2.45. The van der Waals surface area contributed by atoms with E-state index in [1.165, 1.54) is 0 Å². The summed E-state index contributed by atoms with van der Waals surface area (Å²) >= 11 is 0. The second-order valence-corrected chi connectivity index (χ2v) is 1.64. The van der Waals surface area contributed by atoms with Crippen LogP contribution in [-0.2, 0) is 0 Å². The molecule has 1 rings (SSSR count). The average molecular weight is 125 g/mol. The Morgan fingerprint density at radius 3 is 3.00 bits per heavy atom. The topological polar surface area (TPSA) is 66.5 Å². The molecule has 0 radical (unpaired) electrons. The molecule has 0 aliphatic carbocycles. The minimum atomic E-state index is 0.447. The Kier molecular flexibility index (Phi) is 1.44. The van der Waals surface area contributed by atoms with E-state index in [1.54, 1.807) is 0 Å². The largest absolute Gasteiger partial charge is 0.326 e. The van der Waals surface area contributed by atoms with E-state index in [0.717, 1.165) is 5.70 Å². The highest BCUT2D eigenvalue weighted by Gasteiger charge is 1.92. The smallest absolute Gasteiger partial charge is 0.267 e. The summed E-state index contributed by atoms with van der Waals surface area (Å²) in [4.78, 5) is 0. The van der Waals surface area contributed by atoms with E-state index in [2.05, 4.69) is 32.5 Å². The van der Waals surface area contributed by atoms with Crippen molar-refractivity contribution in [3.05, 3.63) is 12.3 Å². The third-order valence-corrected chi connectivity index (χ3v) is 0.671. The first-order chi connectivity index (χ1) is 4.29. The molecule has 48 valence electrons. The lowest BCUT2D eigenvalue weighted by Gasteiger charge is -1.93. The number of aromatic amines is 1. The molecule has 0 atom stereocenters. The van der Waals surface area contributed by atoms with Gasteiger partial charge in [-0.2, -0.15) is 5.21 Å². The van der Waals surface area contributed by atoms with Crippen LogP contribution in [-0.4, -0.2) is 20.6 Å². The number of hydrogen-bond donors (Lipinski definition) is 2. The first-order valence-corrected chi connectivity index (χ1v) is 2.45. The lowest BCUT2D eigenvalue weighted by atomic mass is 10.6. The van der Waals surface area contributed by atoms with Gasteiger partial charge in [0.1, 0.15) is 0 Å². The molecule has 0 aliphatic rings. The van der Waals surface area contributed by atoms with Crippen molar-refractivity contribution >= 4 is 5.95 Å². The monoisotopic (exact) mass is 125 g/mol. The van der Waals surface area contributed by atoms with Gasteiger partial charge in [-0.3, -0.25) is 0 Å². The number of tetrazole rings is 1. The van der Waals surface area contributed by atoms with Crippen LogP contribution in [0.2, 0.25) is 0 Å². The van der Waals surface area contributed by atoms with Gasteiger partial charge in [0.25, 0.3) is 5.95 Å². The van der Waals surface area contributed by atoms with Crippen LogP contribution in [0, 0.1) is 0 Å². The third-order valence-electron chi connectivity index (χ3n) is 0.671. The maximum Gasteiger partial charge on any atom is 0.267 e. The molecule has 0 fully saturated rings. The summed E-state index contributed by atoms with van der Waals surface area (Å²) in [7, 11) is 0. The molecule has 5 nitrogen and oxygen atoms in total. The maximum atomic E-state index is 3.64. The predicted octanol–water partition coefficient (Wildman–Crippen LogP) is 0.145. The summed E-state index contributed by atoms with van der Waals surface area (Å²) in [5.74, 6) is 0.447. The van der Waals surface area contributed by atoms with E-state index in [1.807, 2.05) is 6.92 Å². The molecule has 0 saturated heterocycles. The molecule has 0 aromatic carbocycles. The van der Waals surface area contributed by atoms with Crippen LogP contribution >= 0.6 is 0 Å². The molecule has 0 aliphatic heterocycles. The number of nitrogens with one attached hydrogen (secondary N) is 2. The van der Waals surface area contributed by atoms with Crippen LogP contribution in [0.1, 0.15) is 6.92 Å².